The van der Waals surface area contributed by atoms with Gasteiger partial charge in [-0.2, -0.15) is 4.31 Å². The average molecular weight is 317 g/mol. The van der Waals surface area contributed by atoms with Crippen molar-refractivity contribution in [2.75, 3.05) is 13.1 Å². The minimum atomic E-state index is -4.14. The Labute approximate surface area is 121 Å². The molecule has 1 aromatic rings. The number of sulfonamides is 1. The number of non-ortho nitro benzene ring substituents is 1. The summed E-state index contributed by atoms with van der Waals surface area (Å²) in [6.07, 6.45) is 2.11. The molecular formula is C12H16FN3O4S. The smallest absolute Gasteiger partial charge is 0.270 e. The van der Waals surface area contributed by atoms with Gasteiger partial charge in [-0.1, -0.05) is 6.42 Å². The fourth-order valence-corrected chi connectivity index (χ4v) is 4.25. The Hall–Kier alpha value is -1.58. The highest BCUT2D eigenvalue weighted by molar-refractivity contribution is 7.89. The standard InChI is InChI=1S/C12H16FN3O4S/c13-11-5-4-9(16(17)18)7-12(11)21(19,20)15-6-2-1-3-10(15)8-14/h4-5,7,10H,1-3,6,8,14H2. The van der Waals surface area contributed by atoms with Crippen molar-refractivity contribution in [2.45, 2.75) is 30.2 Å². The summed E-state index contributed by atoms with van der Waals surface area (Å²) >= 11 is 0. The van der Waals surface area contributed by atoms with Crippen LogP contribution in [0.5, 0.6) is 0 Å². The van der Waals surface area contributed by atoms with Crippen molar-refractivity contribution in [3.63, 3.8) is 0 Å². The molecule has 0 aliphatic carbocycles. The lowest BCUT2D eigenvalue weighted by Gasteiger charge is -2.33. The van der Waals surface area contributed by atoms with E-state index in [4.69, 9.17) is 5.73 Å². The third kappa shape index (κ3) is 3.04. The SMILES string of the molecule is NCC1CCCCN1S(=O)(=O)c1cc([N+](=O)[O-])ccc1F. The molecule has 1 saturated heterocycles. The first-order valence-corrected chi connectivity index (χ1v) is 7.98. The first-order valence-electron chi connectivity index (χ1n) is 6.53. The molecule has 0 saturated carbocycles. The number of hydrogen-bond donors (Lipinski definition) is 1. The van der Waals surface area contributed by atoms with Gasteiger partial charge < -0.3 is 5.73 Å². The summed E-state index contributed by atoms with van der Waals surface area (Å²) in [6.45, 7) is 0.377. The second-order valence-corrected chi connectivity index (χ2v) is 6.73. The molecule has 0 radical (unpaired) electrons. The summed E-state index contributed by atoms with van der Waals surface area (Å²) < 4.78 is 40.1. The first-order chi connectivity index (χ1) is 9.87. The first kappa shape index (κ1) is 15.8. The summed E-state index contributed by atoms with van der Waals surface area (Å²) in [4.78, 5) is 9.32. The Balaban J connectivity index is 2.47. The van der Waals surface area contributed by atoms with E-state index in [0.29, 0.717) is 12.8 Å². The molecule has 0 bridgehead atoms. The molecule has 1 aliphatic heterocycles. The number of halogens is 1. The van der Waals surface area contributed by atoms with Gasteiger partial charge in [0.1, 0.15) is 10.7 Å². The number of nitro groups is 1. The molecular weight excluding hydrogens is 301 g/mol. The van der Waals surface area contributed by atoms with Crippen molar-refractivity contribution in [1.82, 2.24) is 4.31 Å². The molecule has 9 heteroatoms. The Morgan fingerprint density at radius 3 is 2.76 bits per heavy atom. The van der Waals surface area contributed by atoms with E-state index in [1.165, 1.54) is 0 Å². The number of nitrogens with zero attached hydrogens (tertiary/aromatic N) is 2. The van der Waals surface area contributed by atoms with Crippen LogP contribution in [0.15, 0.2) is 23.1 Å². The quantitative estimate of drug-likeness (QED) is 0.664. The molecule has 0 spiro atoms. The van der Waals surface area contributed by atoms with Crippen LogP contribution in [0.4, 0.5) is 10.1 Å². The van der Waals surface area contributed by atoms with Gasteiger partial charge >= 0.3 is 0 Å². The minimum absolute atomic E-state index is 0.135. The van der Waals surface area contributed by atoms with Crippen LogP contribution in [0.3, 0.4) is 0 Å². The second-order valence-electron chi connectivity index (χ2n) is 4.87. The third-order valence-corrected chi connectivity index (χ3v) is 5.52. The normalized spacial score (nSPS) is 20.4. The highest BCUT2D eigenvalue weighted by atomic mass is 32.2. The van der Waals surface area contributed by atoms with E-state index in [0.717, 1.165) is 28.9 Å². The van der Waals surface area contributed by atoms with Crippen LogP contribution in [0.2, 0.25) is 0 Å². The Morgan fingerprint density at radius 1 is 1.43 bits per heavy atom. The molecule has 2 rings (SSSR count). The van der Waals surface area contributed by atoms with Gasteiger partial charge in [0.05, 0.1) is 4.92 Å². The zero-order valence-electron chi connectivity index (χ0n) is 11.2. The van der Waals surface area contributed by atoms with Crippen LogP contribution >= 0.6 is 0 Å². The van der Waals surface area contributed by atoms with E-state index in [1.807, 2.05) is 0 Å². The fourth-order valence-electron chi connectivity index (χ4n) is 2.46. The van der Waals surface area contributed by atoms with Gasteiger partial charge in [-0.05, 0) is 18.9 Å². The second kappa shape index (κ2) is 6.04. The zero-order valence-corrected chi connectivity index (χ0v) is 12.1. The van der Waals surface area contributed by atoms with Gasteiger partial charge in [0.25, 0.3) is 5.69 Å². The molecule has 0 amide bonds. The third-order valence-electron chi connectivity index (χ3n) is 3.56. The van der Waals surface area contributed by atoms with Crippen molar-refractivity contribution in [1.29, 1.82) is 0 Å². The van der Waals surface area contributed by atoms with Crippen LogP contribution in [0.1, 0.15) is 19.3 Å². The average Bonchev–Trinajstić information content (AvgIpc) is 2.47. The maximum Gasteiger partial charge on any atom is 0.270 e. The van der Waals surface area contributed by atoms with Gasteiger partial charge in [0.15, 0.2) is 0 Å². The van der Waals surface area contributed by atoms with Gasteiger partial charge in [-0.25, -0.2) is 12.8 Å². The molecule has 0 aromatic heterocycles. The van der Waals surface area contributed by atoms with Crippen LogP contribution in [-0.4, -0.2) is 36.8 Å². The molecule has 1 atom stereocenters. The van der Waals surface area contributed by atoms with E-state index in [9.17, 15) is 22.9 Å². The largest absolute Gasteiger partial charge is 0.329 e. The predicted molar refractivity (Wildman–Crippen MR) is 73.6 cm³/mol. The van der Waals surface area contributed by atoms with Crippen molar-refractivity contribution in [3.05, 3.63) is 34.1 Å². The van der Waals surface area contributed by atoms with E-state index in [-0.39, 0.29) is 13.1 Å². The van der Waals surface area contributed by atoms with Crippen molar-refractivity contribution < 1.29 is 17.7 Å². The zero-order chi connectivity index (χ0) is 15.6. The van der Waals surface area contributed by atoms with Crippen molar-refractivity contribution in [3.8, 4) is 0 Å². The van der Waals surface area contributed by atoms with Crippen LogP contribution in [0, 0.1) is 15.9 Å². The number of benzene rings is 1. The Kier molecular flexibility index (Phi) is 4.55. The molecule has 1 heterocycles. The van der Waals surface area contributed by atoms with E-state index in [2.05, 4.69) is 0 Å². The lowest BCUT2D eigenvalue weighted by Crippen LogP contribution is -2.47. The van der Waals surface area contributed by atoms with Crippen LogP contribution < -0.4 is 5.73 Å². The topological polar surface area (TPSA) is 107 Å². The lowest BCUT2D eigenvalue weighted by molar-refractivity contribution is -0.385. The number of piperidine rings is 1. The molecule has 116 valence electrons. The molecule has 1 aliphatic rings. The number of nitrogens with two attached hydrogens (primary N) is 1. The number of nitro benzene ring substituents is 1. The fraction of sp³-hybridized carbons (Fsp3) is 0.500. The predicted octanol–water partition coefficient (Wildman–Crippen LogP) is 1.24. The number of rotatable bonds is 4. The summed E-state index contributed by atoms with van der Waals surface area (Å²) in [6, 6.07) is 2.09. The van der Waals surface area contributed by atoms with E-state index in [1.54, 1.807) is 0 Å². The van der Waals surface area contributed by atoms with E-state index < -0.39 is 37.4 Å². The van der Waals surface area contributed by atoms with Gasteiger partial charge in [-0.3, -0.25) is 10.1 Å². The van der Waals surface area contributed by atoms with Gasteiger partial charge in [-0.15, -0.1) is 0 Å². The van der Waals surface area contributed by atoms with Gasteiger partial charge in [0, 0.05) is 31.3 Å². The lowest BCUT2D eigenvalue weighted by atomic mass is 10.1. The van der Waals surface area contributed by atoms with Crippen molar-refractivity contribution >= 4 is 15.7 Å². The van der Waals surface area contributed by atoms with E-state index >= 15 is 0 Å². The summed E-state index contributed by atoms with van der Waals surface area (Å²) in [5.74, 6) is -0.998. The number of hydrogen-bond acceptors (Lipinski definition) is 5. The maximum absolute atomic E-state index is 13.9. The van der Waals surface area contributed by atoms with Crippen LogP contribution in [0.25, 0.3) is 0 Å². The Morgan fingerprint density at radius 2 is 2.14 bits per heavy atom. The molecule has 21 heavy (non-hydrogen) atoms. The highest BCUT2D eigenvalue weighted by Crippen LogP contribution is 2.28. The molecule has 1 unspecified atom stereocenters. The monoisotopic (exact) mass is 317 g/mol. The summed E-state index contributed by atoms with van der Waals surface area (Å²) in [5, 5.41) is 10.7. The molecule has 1 fully saturated rings. The highest BCUT2D eigenvalue weighted by Gasteiger charge is 2.35. The maximum atomic E-state index is 13.9. The minimum Gasteiger partial charge on any atom is -0.329 e. The van der Waals surface area contributed by atoms with Gasteiger partial charge in [0.2, 0.25) is 10.0 Å². The molecule has 7 nitrogen and oxygen atoms in total. The van der Waals surface area contributed by atoms with Crippen LogP contribution in [-0.2, 0) is 10.0 Å². The molecule has 1 aromatic carbocycles. The Bertz CT molecular complexity index is 650. The molecule has 2 N–H and O–H groups in total. The summed E-state index contributed by atoms with van der Waals surface area (Å²) in [5.41, 5.74) is 5.11. The summed E-state index contributed by atoms with van der Waals surface area (Å²) in [7, 11) is -4.14. The van der Waals surface area contributed by atoms with Crippen molar-refractivity contribution in [2.24, 2.45) is 5.73 Å².